The van der Waals surface area contributed by atoms with Crippen LogP contribution in [0, 0.1) is 5.92 Å². The van der Waals surface area contributed by atoms with Gasteiger partial charge < -0.3 is 15.8 Å². The summed E-state index contributed by atoms with van der Waals surface area (Å²) in [6, 6.07) is -0.374. The van der Waals surface area contributed by atoms with Crippen LogP contribution in [0.1, 0.15) is 40.0 Å². The molecular weight excluding hydrogens is 204 g/mol. The maximum absolute atomic E-state index is 11.4. The van der Waals surface area contributed by atoms with Crippen molar-refractivity contribution in [2.75, 3.05) is 19.8 Å². The summed E-state index contributed by atoms with van der Waals surface area (Å²) in [4.78, 5) is 11.4. The number of amides is 1. The van der Waals surface area contributed by atoms with Crippen LogP contribution in [0.2, 0.25) is 0 Å². The minimum atomic E-state index is -0.374. The Labute approximate surface area is 98.9 Å². The fraction of sp³-hybridized carbons (Fsp3) is 0.917. The van der Waals surface area contributed by atoms with Crippen molar-refractivity contribution in [2.45, 2.75) is 46.1 Å². The van der Waals surface area contributed by atoms with Gasteiger partial charge in [0.1, 0.15) is 0 Å². The topological polar surface area (TPSA) is 64.4 Å². The van der Waals surface area contributed by atoms with Gasteiger partial charge in [-0.15, -0.1) is 0 Å². The zero-order valence-electron chi connectivity index (χ0n) is 10.8. The van der Waals surface area contributed by atoms with Gasteiger partial charge in [-0.05, 0) is 18.8 Å². The van der Waals surface area contributed by atoms with Gasteiger partial charge in [0.15, 0.2) is 0 Å². The second-order valence-corrected chi connectivity index (χ2v) is 4.48. The van der Waals surface area contributed by atoms with Crippen LogP contribution in [0.15, 0.2) is 0 Å². The first-order valence-corrected chi connectivity index (χ1v) is 6.19. The summed E-state index contributed by atoms with van der Waals surface area (Å²) in [7, 11) is 0. The molecule has 0 aromatic heterocycles. The molecule has 0 radical (unpaired) electrons. The van der Waals surface area contributed by atoms with Gasteiger partial charge in [0.05, 0.1) is 12.6 Å². The zero-order chi connectivity index (χ0) is 12.4. The molecule has 4 nitrogen and oxygen atoms in total. The van der Waals surface area contributed by atoms with Gasteiger partial charge >= 0.3 is 0 Å². The highest BCUT2D eigenvalue weighted by Gasteiger charge is 2.10. The number of rotatable bonds is 9. The first-order chi connectivity index (χ1) is 7.57. The molecule has 16 heavy (non-hydrogen) atoms. The zero-order valence-corrected chi connectivity index (χ0v) is 10.8. The first kappa shape index (κ1) is 15.4. The number of hydrogen-bond acceptors (Lipinski definition) is 3. The molecule has 0 aliphatic carbocycles. The molecule has 1 atom stereocenters. The molecule has 4 heteroatoms. The smallest absolute Gasteiger partial charge is 0.236 e. The fourth-order valence-corrected chi connectivity index (χ4v) is 1.24. The SMILES string of the molecule is CCC[C@H](N)C(=O)NCCOCCC(C)C. The molecule has 1 amide bonds. The molecule has 96 valence electrons. The van der Waals surface area contributed by atoms with Crippen molar-refractivity contribution in [3.63, 3.8) is 0 Å². The lowest BCUT2D eigenvalue weighted by Gasteiger charge is -2.11. The van der Waals surface area contributed by atoms with E-state index in [1.807, 2.05) is 6.92 Å². The van der Waals surface area contributed by atoms with Crippen LogP contribution in [0.4, 0.5) is 0 Å². The van der Waals surface area contributed by atoms with Crippen LogP contribution in [-0.2, 0) is 9.53 Å². The molecule has 0 fully saturated rings. The van der Waals surface area contributed by atoms with Crippen LogP contribution in [0.3, 0.4) is 0 Å². The highest BCUT2D eigenvalue weighted by Crippen LogP contribution is 1.98. The summed E-state index contributed by atoms with van der Waals surface area (Å²) in [6.45, 7) is 8.21. The van der Waals surface area contributed by atoms with Crippen molar-refractivity contribution in [1.82, 2.24) is 5.32 Å². The van der Waals surface area contributed by atoms with Crippen molar-refractivity contribution < 1.29 is 9.53 Å². The van der Waals surface area contributed by atoms with Gasteiger partial charge in [0.25, 0.3) is 0 Å². The van der Waals surface area contributed by atoms with Crippen LogP contribution in [0.5, 0.6) is 0 Å². The molecule has 0 saturated heterocycles. The third-order valence-corrected chi connectivity index (χ3v) is 2.32. The Hall–Kier alpha value is -0.610. The molecule has 0 aromatic rings. The highest BCUT2D eigenvalue weighted by molar-refractivity contribution is 5.81. The van der Waals surface area contributed by atoms with Crippen LogP contribution >= 0.6 is 0 Å². The van der Waals surface area contributed by atoms with E-state index in [0.29, 0.717) is 19.1 Å². The normalized spacial score (nSPS) is 12.8. The van der Waals surface area contributed by atoms with Gasteiger partial charge in [-0.25, -0.2) is 0 Å². The number of carbonyl (C=O) groups excluding carboxylic acids is 1. The van der Waals surface area contributed by atoms with E-state index in [1.165, 1.54) is 0 Å². The van der Waals surface area contributed by atoms with E-state index in [0.717, 1.165) is 25.9 Å². The van der Waals surface area contributed by atoms with Crippen molar-refractivity contribution in [2.24, 2.45) is 11.7 Å². The van der Waals surface area contributed by atoms with Crippen molar-refractivity contribution in [3.05, 3.63) is 0 Å². The average Bonchev–Trinajstić information content (AvgIpc) is 2.22. The predicted molar refractivity (Wildman–Crippen MR) is 66.2 cm³/mol. The molecule has 0 heterocycles. The van der Waals surface area contributed by atoms with E-state index in [-0.39, 0.29) is 11.9 Å². The van der Waals surface area contributed by atoms with Crippen molar-refractivity contribution >= 4 is 5.91 Å². The average molecular weight is 230 g/mol. The lowest BCUT2D eigenvalue weighted by molar-refractivity contribution is -0.122. The van der Waals surface area contributed by atoms with E-state index >= 15 is 0 Å². The van der Waals surface area contributed by atoms with Gasteiger partial charge in [-0.1, -0.05) is 27.2 Å². The Morgan fingerprint density at radius 1 is 1.31 bits per heavy atom. The molecular formula is C12H26N2O2. The Morgan fingerprint density at radius 3 is 2.56 bits per heavy atom. The van der Waals surface area contributed by atoms with Crippen molar-refractivity contribution in [1.29, 1.82) is 0 Å². The number of carbonyl (C=O) groups is 1. The number of hydrogen-bond donors (Lipinski definition) is 2. The maximum atomic E-state index is 11.4. The van der Waals surface area contributed by atoms with E-state index in [9.17, 15) is 4.79 Å². The Morgan fingerprint density at radius 2 is 2.00 bits per heavy atom. The fourth-order valence-electron chi connectivity index (χ4n) is 1.24. The monoisotopic (exact) mass is 230 g/mol. The van der Waals surface area contributed by atoms with Gasteiger partial charge in [0, 0.05) is 13.2 Å². The molecule has 0 unspecified atom stereocenters. The Balaban J connectivity index is 3.34. The standard InChI is InChI=1S/C12H26N2O2/c1-4-5-11(13)12(15)14-7-9-16-8-6-10(2)3/h10-11H,4-9,13H2,1-3H3,(H,14,15)/t11-/m0/s1. The first-order valence-electron chi connectivity index (χ1n) is 6.19. The second kappa shape index (κ2) is 9.60. The molecule has 0 spiro atoms. The van der Waals surface area contributed by atoms with E-state index in [1.54, 1.807) is 0 Å². The molecule has 0 saturated carbocycles. The second-order valence-electron chi connectivity index (χ2n) is 4.48. The molecule has 0 aromatic carbocycles. The summed E-state index contributed by atoms with van der Waals surface area (Å²) < 4.78 is 5.38. The van der Waals surface area contributed by atoms with E-state index in [2.05, 4.69) is 19.2 Å². The quantitative estimate of drug-likeness (QED) is 0.587. The summed E-state index contributed by atoms with van der Waals surface area (Å²) in [5.74, 6) is 0.585. The molecule has 0 bridgehead atoms. The van der Waals surface area contributed by atoms with Gasteiger partial charge in [-0.2, -0.15) is 0 Å². The number of nitrogens with one attached hydrogen (secondary N) is 1. The minimum Gasteiger partial charge on any atom is -0.380 e. The largest absolute Gasteiger partial charge is 0.380 e. The summed E-state index contributed by atoms with van der Waals surface area (Å²) >= 11 is 0. The third-order valence-electron chi connectivity index (χ3n) is 2.32. The molecule has 0 rings (SSSR count). The lowest BCUT2D eigenvalue weighted by Crippen LogP contribution is -2.41. The molecule has 0 aliphatic heterocycles. The summed E-state index contributed by atoms with van der Waals surface area (Å²) in [5.41, 5.74) is 5.66. The predicted octanol–water partition coefficient (Wildman–Crippen LogP) is 1.29. The van der Waals surface area contributed by atoms with Gasteiger partial charge in [0.2, 0.25) is 5.91 Å². The van der Waals surface area contributed by atoms with E-state index < -0.39 is 0 Å². The Bertz CT molecular complexity index is 184. The minimum absolute atomic E-state index is 0.0747. The van der Waals surface area contributed by atoms with Crippen LogP contribution in [0.25, 0.3) is 0 Å². The maximum Gasteiger partial charge on any atom is 0.236 e. The Kier molecular flexibility index (Phi) is 9.24. The van der Waals surface area contributed by atoms with Gasteiger partial charge in [-0.3, -0.25) is 4.79 Å². The number of nitrogens with two attached hydrogens (primary N) is 1. The van der Waals surface area contributed by atoms with Crippen LogP contribution in [-0.4, -0.2) is 31.7 Å². The highest BCUT2D eigenvalue weighted by atomic mass is 16.5. The third kappa shape index (κ3) is 8.68. The summed E-state index contributed by atoms with van der Waals surface area (Å²) in [5, 5.41) is 2.77. The lowest BCUT2D eigenvalue weighted by atomic mass is 10.1. The number of ether oxygens (including phenoxy) is 1. The van der Waals surface area contributed by atoms with Crippen LogP contribution < -0.4 is 11.1 Å². The summed E-state index contributed by atoms with van der Waals surface area (Å²) in [6.07, 6.45) is 2.73. The molecule has 0 aliphatic rings. The van der Waals surface area contributed by atoms with Crippen molar-refractivity contribution in [3.8, 4) is 0 Å². The van der Waals surface area contributed by atoms with E-state index in [4.69, 9.17) is 10.5 Å². The molecule has 3 N–H and O–H groups in total.